The van der Waals surface area contributed by atoms with Gasteiger partial charge in [-0.1, -0.05) is 18.2 Å². The molecule has 0 aliphatic carbocycles. The number of aryl methyl sites for hydroxylation is 2. The fourth-order valence-electron chi connectivity index (χ4n) is 4.86. The topological polar surface area (TPSA) is 49.2 Å². The molecule has 4 nitrogen and oxygen atoms in total. The molecule has 2 aromatic rings. The summed E-state index contributed by atoms with van der Waals surface area (Å²) >= 11 is 0. The summed E-state index contributed by atoms with van der Waals surface area (Å²) in [4.78, 5) is 7.19. The molecule has 0 spiro atoms. The quantitative estimate of drug-likeness (QED) is 0.731. The van der Waals surface area contributed by atoms with E-state index in [1.165, 1.54) is 24.0 Å². The first-order valence-corrected chi connectivity index (χ1v) is 10.7. The van der Waals surface area contributed by atoms with Gasteiger partial charge in [0.2, 0.25) is 0 Å². The summed E-state index contributed by atoms with van der Waals surface area (Å²) in [5.41, 5.74) is 4.69. The van der Waals surface area contributed by atoms with Crippen LogP contribution in [0.1, 0.15) is 49.1 Å². The highest BCUT2D eigenvalue weighted by molar-refractivity contribution is 5.31. The number of pyridine rings is 1. The Labute approximate surface area is 174 Å². The Morgan fingerprint density at radius 2 is 1.97 bits per heavy atom. The molecule has 2 aliphatic rings. The Balaban J connectivity index is 1.50. The molecule has 0 bridgehead atoms. The Bertz CT molecular complexity index is 878. The normalized spacial score (nSPS) is 23.0. The van der Waals surface area contributed by atoms with Crippen molar-refractivity contribution in [3.63, 3.8) is 0 Å². The molecule has 4 rings (SSSR count). The van der Waals surface area contributed by atoms with Gasteiger partial charge < -0.3 is 4.74 Å². The van der Waals surface area contributed by atoms with E-state index in [0.29, 0.717) is 11.3 Å². The van der Waals surface area contributed by atoms with E-state index in [9.17, 15) is 0 Å². The number of likely N-dealkylation sites (tertiary alicyclic amines) is 1. The number of hydrogen-bond acceptors (Lipinski definition) is 4. The van der Waals surface area contributed by atoms with Gasteiger partial charge in [0.15, 0.2) is 0 Å². The van der Waals surface area contributed by atoms with Crippen molar-refractivity contribution < 1.29 is 4.74 Å². The maximum Gasteiger partial charge on any atom is 0.0991 e. The maximum atomic E-state index is 9.02. The van der Waals surface area contributed by atoms with E-state index in [0.717, 1.165) is 44.0 Å². The molecular weight excluding hydrogens is 358 g/mol. The lowest BCUT2D eigenvalue weighted by molar-refractivity contribution is -0.101. The van der Waals surface area contributed by atoms with Gasteiger partial charge in [-0.25, -0.2) is 0 Å². The summed E-state index contributed by atoms with van der Waals surface area (Å²) in [6.07, 6.45) is 5.49. The van der Waals surface area contributed by atoms with E-state index in [-0.39, 0.29) is 5.54 Å². The lowest BCUT2D eigenvalue weighted by Crippen LogP contribution is -2.48. The lowest BCUT2D eigenvalue weighted by Gasteiger charge is -2.44. The molecule has 0 N–H and O–H groups in total. The largest absolute Gasteiger partial charge is 0.381 e. The summed E-state index contributed by atoms with van der Waals surface area (Å²) in [5, 5.41) is 9.02. The highest BCUT2D eigenvalue weighted by atomic mass is 16.5. The third-order valence-electron chi connectivity index (χ3n) is 7.29. The van der Waals surface area contributed by atoms with Crippen LogP contribution in [0.4, 0.5) is 0 Å². The maximum absolute atomic E-state index is 9.02. The minimum atomic E-state index is -0.0263. The number of benzene rings is 1. The van der Waals surface area contributed by atoms with Gasteiger partial charge in [-0.3, -0.25) is 9.88 Å². The fourth-order valence-corrected chi connectivity index (χ4v) is 4.86. The van der Waals surface area contributed by atoms with Crippen LogP contribution in [0.25, 0.3) is 0 Å². The summed E-state index contributed by atoms with van der Waals surface area (Å²) in [6, 6.07) is 14.6. The van der Waals surface area contributed by atoms with Gasteiger partial charge in [0, 0.05) is 29.9 Å². The highest BCUT2D eigenvalue weighted by Gasteiger charge is 2.49. The molecule has 2 fully saturated rings. The van der Waals surface area contributed by atoms with Crippen LogP contribution in [0, 0.1) is 29.6 Å². The van der Waals surface area contributed by atoms with Gasteiger partial charge in [0.1, 0.15) is 0 Å². The SMILES string of the molecule is Cc1ccc(C(C)(C)N2CCC(CCc3ccc(C#N)cc3)(C3COC3)C2)cn1. The van der Waals surface area contributed by atoms with Gasteiger partial charge in [0.05, 0.1) is 24.8 Å². The highest BCUT2D eigenvalue weighted by Crippen LogP contribution is 2.48. The van der Waals surface area contributed by atoms with E-state index in [2.05, 4.69) is 54.1 Å². The molecule has 29 heavy (non-hydrogen) atoms. The fraction of sp³-hybridized carbons (Fsp3) is 0.520. The van der Waals surface area contributed by atoms with Crippen LogP contribution >= 0.6 is 0 Å². The smallest absolute Gasteiger partial charge is 0.0991 e. The van der Waals surface area contributed by atoms with Crippen LogP contribution in [-0.2, 0) is 16.7 Å². The molecule has 1 atom stereocenters. The number of nitriles is 1. The molecular formula is C25H31N3O. The van der Waals surface area contributed by atoms with Crippen LogP contribution in [0.2, 0.25) is 0 Å². The molecule has 0 radical (unpaired) electrons. The molecule has 2 saturated heterocycles. The van der Waals surface area contributed by atoms with Crippen LogP contribution < -0.4 is 0 Å². The molecule has 1 aromatic heterocycles. The third-order valence-corrected chi connectivity index (χ3v) is 7.29. The van der Waals surface area contributed by atoms with Crippen molar-refractivity contribution in [3.05, 3.63) is 65.0 Å². The predicted octanol–water partition coefficient (Wildman–Crippen LogP) is 4.47. The van der Waals surface area contributed by atoms with Crippen LogP contribution in [0.15, 0.2) is 42.6 Å². The van der Waals surface area contributed by atoms with Gasteiger partial charge in [0.25, 0.3) is 0 Å². The summed E-state index contributed by atoms with van der Waals surface area (Å²) in [7, 11) is 0. The van der Waals surface area contributed by atoms with Crippen molar-refractivity contribution in [3.8, 4) is 6.07 Å². The summed E-state index contributed by atoms with van der Waals surface area (Å²) < 4.78 is 5.61. The van der Waals surface area contributed by atoms with Crippen molar-refractivity contribution in [2.45, 2.75) is 45.6 Å². The molecule has 2 aliphatic heterocycles. The average molecular weight is 390 g/mol. The monoisotopic (exact) mass is 389 g/mol. The number of ether oxygens (including phenoxy) is 1. The number of aromatic nitrogens is 1. The summed E-state index contributed by atoms with van der Waals surface area (Å²) in [5.74, 6) is 0.651. The van der Waals surface area contributed by atoms with Crippen molar-refractivity contribution in [2.75, 3.05) is 26.3 Å². The first-order chi connectivity index (χ1) is 13.9. The average Bonchev–Trinajstić information content (AvgIpc) is 3.11. The van der Waals surface area contributed by atoms with E-state index in [4.69, 9.17) is 10.00 Å². The minimum absolute atomic E-state index is 0.0263. The van der Waals surface area contributed by atoms with Gasteiger partial charge in [-0.15, -0.1) is 0 Å². The zero-order valence-electron chi connectivity index (χ0n) is 17.8. The zero-order valence-corrected chi connectivity index (χ0v) is 17.8. The van der Waals surface area contributed by atoms with Crippen molar-refractivity contribution >= 4 is 0 Å². The second kappa shape index (κ2) is 7.89. The minimum Gasteiger partial charge on any atom is -0.381 e. The van der Waals surface area contributed by atoms with E-state index in [1.807, 2.05) is 25.3 Å². The first-order valence-electron chi connectivity index (χ1n) is 10.7. The van der Waals surface area contributed by atoms with Crippen LogP contribution in [0.3, 0.4) is 0 Å². The Kier molecular flexibility index (Phi) is 5.46. The van der Waals surface area contributed by atoms with Crippen LogP contribution in [0.5, 0.6) is 0 Å². The Morgan fingerprint density at radius 3 is 2.55 bits per heavy atom. The van der Waals surface area contributed by atoms with Gasteiger partial charge >= 0.3 is 0 Å². The zero-order chi connectivity index (χ0) is 20.5. The van der Waals surface area contributed by atoms with Gasteiger partial charge in [-0.05, 0) is 81.3 Å². The second-order valence-corrected chi connectivity index (χ2v) is 9.32. The number of nitrogens with zero attached hydrogens (tertiary/aromatic N) is 3. The van der Waals surface area contributed by atoms with E-state index < -0.39 is 0 Å². The molecule has 4 heteroatoms. The molecule has 0 saturated carbocycles. The molecule has 1 aromatic carbocycles. The van der Waals surface area contributed by atoms with Crippen LogP contribution in [-0.4, -0.2) is 36.2 Å². The van der Waals surface area contributed by atoms with Crippen molar-refractivity contribution in [1.29, 1.82) is 5.26 Å². The number of hydrogen-bond donors (Lipinski definition) is 0. The predicted molar refractivity (Wildman–Crippen MR) is 114 cm³/mol. The van der Waals surface area contributed by atoms with E-state index >= 15 is 0 Å². The molecule has 1 unspecified atom stereocenters. The van der Waals surface area contributed by atoms with E-state index in [1.54, 1.807) is 0 Å². The third kappa shape index (κ3) is 3.95. The second-order valence-electron chi connectivity index (χ2n) is 9.32. The molecule has 152 valence electrons. The van der Waals surface area contributed by atoms with Crippen molar-refractivity contribution in [2.24, 2.45) is 11.3 Å². The molecule has 0 amide bonds. The Morgan fingerprint density at radius 1 is 1.21 bits per heavy atom. The van der Waals surface area contributed by atoms with Gasteiger partial charge in [-0.2, -0.15) is 5.26 Å². The lowest BCUT2D eigenvalue weighted by atomic mass is 9.69. The van der Waals surface area contributed by atoms with Crippen molar-refractivity contribution in [1.82, 2.24) is 9.88 Å². The first kappa shape index (κ1) is 20.1. The standard InChI is InChI=1S/C25H31N3O/c1-19-4-9-22(15-27-19)24(2,3)28-13-12-25(18-28,23-16-29-17-23)11-10-20-5-7-21(14-26)8-6-20/h4-9,15,23H,10-13,16-18H2,1-3H3. The summed E-state index contributed by atoms with van der Waals surface area (Å²) in [6.45, 7) is 10.7. The Hall–Kier alpha value is -2.22. The number of rotatable bonds is 6. The molecule has 3 heterocycles.